The van der Waals surface area contributed by atoms with Crippen molar-refractivity contribution in [2.45, 2.75) is 91.5 Å². The molecular weight excluding hydrogens is 550 g/mol. The van der Waals surface area contributed by atoms with E-state index in [1.54, 1.807) is 44.7 Å². The van der Waals surface area contributed by atoms with Crippen LogP contribution in [0.15, 0.2) is 42.5 Å². The number of aromatic hydroxyl groups is 1. The van der Waals surface area contributed by atoms with Gasteiger partial charge in [0.25, 0.3) is 0 Å². The van der Waals surface area contributed by atoms with Crippen molar-refractivity contribution in [3.05, 3.63) is 64.7 Å². The zero-order chi connectivity index (χ0) is 31.9. The Hall–Kier alpha value is -4.08. The molecule has 4 unspecified atom stereocenters. The monoisotopic (exact) mass is 595 g/mol. The molecule has 3 rings (SSSR count). The van der Waals surface area contributed by atoms with E-state index in [1.807, 2.05) is 39.0 Å². The first kappa shape index (κ1) is 33.4. The molecule has 1 aliphatic rings. The Bertz CT molecular complexity index is 1280. The molecule has 43 heavy (non-hydrogen) atoms. The first-order valence-corrected chi connectivity index (χ1v) is 14.8. The molecule has 2 aromatic carbocycles. The topological polar surface area (TPSA) is 134 Å². The maximum absolute atomic E-state index is 14.6. The van der Waals surface area contributed by atoms with Gasteiger partial charge in [0, 0.05) is 19.0 Å². The number of alkyl carbamates (subject to hydrolysis) is 1. The quantitative estimate of drug-likeness (QED) is 0.308. The number of hydrogen-bond donors (Lipinski definition) is 3. The molecule has 0 aliphatic heterocycles. The van der Waals surface area contributed by atoms with Crippen LogP contribution in [0.3, 0.4) is 0 Å². The van der Waals surface area contributed by atoms with Gasteiger partial charge in [-0.05, 0) is 77.1 Å². The van der Waals surface area contributed by atoms with Gasteiger partial charge in [-0.2, -0.15) is 0 Å². The van der Waals surface area contributed by atoms with E-state index in [4.69, 9.17) is 9.47 Å². The van der Waals surface area contributed by atoms with Crippen LogP contribution in [-0.2, 0) is 30.3 Å². The number of esters is 1. The van der Waals surface area contributed by atoms with Crippen molar-refractivity contribution in [3.63, 3.8) is 0 Å². The van der Waals surface area contributed by atoms with Crippen LogP contribution in [0.4, 0.5) is 4.79 Å². The fourth-order valence-corrected chi connectivity index (χ4v) is 5.09. The van der Waals surface area contributed by atoms with Crippen LogP contribution in [0, 0.1) is 19.8 Å². The molecule has 0 aromatic heterocycles. The first-order chi connectivity index (χ1) is 20.2. The second kappa shape index (κ2) is 14.4. The molecular formula is C33H45N3O7. The fourth-order valence-electron chi connectivity index (χ4n) is 5.09. The van der Waals surface area contributed by atoms with Crippen LogP contribution in [-0.4, -0.2) is 64.7 Å². The summed E-state index contributed by atoms with van der Waals surface area (Å²) < 4.78 is 10.5. The standard InChI is InChI=1S/C33H45N3O7/c1-8-42-28(38)13-14-34-30(39)29(24-16-20(2)15-21(3)17-24)36(27-18-22(27)4)31(40)26(35-32(41)43-33(5,6)7)19-23-9-11-25(37)12-10-23/h9-12,15-17,22,26-27,29,37H,8,13-14,18-19H2,1-7H3,(H,34,39)(H,35,41). The summed E-state index contributed by atoms with van der Waals surface area (Å²) in [4.78, 5) is 54.9. The van der Waals surface area contributed by atoms with Crippen LogP contribution in [0.25, 0.3) is 0 Å². The number of carbonyl (C=O) groups is 4. The molecule has 1 saturated carbocycles. The van der Waals surface area contributed by atoms with Crippen LogP contribution in [0.1, 0.15) is 75.8 Å². The largest absolute Gasteiger partial charge is 0.508 e. The highest BCUT2D eigenvalue weighted by Crippen LogP contribution is 2.41. The van der Waals surface area contributed by atoms with Gasteiger partial charge in [0.1, 0.15) is 23.4 Å². The number of benzene rings is 2. The second-order valence-corrected chi connectivity index (χ2v) is 12.3. The third-order valence-corrected chi connectivity index (χ3v) is 7.06. The van der Waals surface area contributed by atoms with Crippen molar-refractivity contribution < 1.29 is 33.8 Å². The molecule has 1 fully saturated rings. The number of phenols is 1. The van der Waals surface area contributed by atoms with Crippen LogP contribution in [0.5, 0.6) is 5.75 Å². The minimum Gasteiger partial charge on any atom is -0.508 e. The Labute approximate surface area is 254 Å². The van der Waals surface area contributed by atoms with Gasteiger partial charge in [0.2, 0.25) is 11.8 Å². The lowest BCUT2D eigenvalue weighted by Gasteiger charge is -2.35. The number of rotatable bonds is 12. The minimum atomic E-state index is -1.06. The van der Waals surface area contributed by atoms with E-state index in [9.17, 15) is 24.3 Å². The number of nitrogens with one attached hydrogen (secondary N) is 2. The highest BCUT2D eigenvalue weighted by molar-refractivity contribution is 5.93. The molecule has 0 radical (unpaired) electrons. The summed E-state index contributed by atoms with van der Waals surface area (Å²) >= 11 is 0. The van der Waals surface area contributed by atoms with Crippen LogP contribution < -0.4 is 10.6 Å². The van der Waals surface area contributed by atoms with E-state index >= 15 is 0 Å². The Kier molecular flexibility index (Phi) is 11.2. The van der Waals surface area contributed by atoms with Gasteiger partial charge < -0.3 is 30.1 Å². The van der Waals surface area contributed by atoms with Gasteiger partial charge in [-0.25, -0.2) is 4.79 Å². The second-order valence-electron chi connectivity index (χ2n) is 12.3. The number of phenolic OH excluding ortho intramolecular Hbond substituents is 1. The Morgan fingerprint density at radius 1 is 1.05 bits per heavy atom. The molecule has 0 bridgehead atoms. The summed E-state index contributed by atoms with van der Waals surface area (Å²) in [6, 6.07) is 9.83. The average molecular weight is 596 g/mol. The molecule has 0 heterocycles. The third kappa shape index (κ3) is 10.0. The third-order valence-electron chi connectivity index (χ3n) is 7.06. The SMILES string of the molecule is CCOC(=O)CCNC(=O)C(c1cc(C)cc(C)c1)N(C(=O)C(Cc1ccc(O)cc1)NC(=O)OC(C)(C)C)C1CC1C. The molecule has 3 amide bonds. The Morgan fingerprint density at radius 3 is 2.19 bits per heavy atom. The number of ether oxygens (including phenoxy) is 2. The number of carbonyl (C=O) groups excluding carboxylic acids is 4. The van der Waals surface area contributed by atoms with Crippen molar-refractivity contribution >= 4 is 23.9 Å². The summed E-state index contributed by atoms with van der Waals surface area (Å²) in [6.07, 6.45) is 0.0493. The lowest BCUT2D eigenvalue weighted by Crippen LogP contribution is -2.54. The fraction of sp³-hybridized carbons (Fsp3) is 0.515. The molecule has 4 atom stereocenters. The van der Waals surface area contributed by atoms with Crippen molar-refractivity contribution in [2.75, 3.05) is 13.2 Å². The lowest BCUT2D eigenvalue weighted by atomic mass is 9.97. The van der Waals surface area contributed by atoms with Crippen molar-refractivity contribution in [3.8, 4) is 5.75 Å². The zero-order valence-corrected chi connectivity index (χ0v) is 26.2. The van der Waals surface area contributed by atoms with E-state index in [0.717, 1.165) is 11.1 Å². The van der Waals surface area contributed by atoms with E-state index in [0.29, 0.717) is 17.5 Å². The molecule has 10 heteroatoms. The van der Waals surface area contributed by atoms with E-state index in [1.165, 1.54) is 12.1 Å². The summed E-state index contributed by atoms with van der Waals surface area (Å²) in [5, 5.41) is 15.4. The van der Waals surface area contributed by atoms with E-state index in [2.05, 4.69) is 10.6 Å². The molecule has 2 aromatic rings. The van der Waals surface area contributed by atoms with Gasteiger partial charge in [-0.3, -0.25) is 14.4 Å². The van der Waals surface area contributed by atoms with Crippen molar-refractivity contribution in [1.82, 2.24) is 15.5 Å². The lowest BCUT2D eigenvalue weighted by molar-refractivity contribution is -0.145. The van der Waals surface area contributed by atoms with E-state index in [-0.39, 0.29) is 43.7 Å². The molecule has 3 N–H and O–H groups in total. The Balaban J connectivity index is 2.02. The van der Waals surface area contributed by atoms with Gasteiger partial charge >= 0.3 is 12.1 Å². The Morgan fingerprint density at radius 2 is 1.65 bits per heavy atom. The zero-order valence-electron chi connectivity index (χ0n) is 26.2. The van der Waals surface area contributed by atoms with Crippen LogP contribution in [0.2, 0.25) is 0 Å². The molecule has 10 nitrogen and oxygen atoms in total. The molecule has 0 saturated heterocycles. The summed E-state index contributed by atoms with van der Waals surface area (Å²) in [6.45, 7) is 13.1. The number of amides is 3. The average Bonchev–Trinajstić information content (AvgIpc) is 3.61. The molecule has 1 aliphatic carbocycles. The number of hydrogen-bond acceptors (Lipinski definition) is 7. The summed E-state index contributed by atoms with van der Waals surface area (Å²) in [5.41, 5.74) is 2.42. The van der Waals surface area contributed by atoms with Gasteiger partial charge in [0.15, 0.2) is 0 Å². The number of nitrogens with zero attached hydrogens (tertiary/aromatic N) is 1. The van der Waals surface area contributed by atoms with Crippen molar-refractivity contribution in [2.24, 2.45) is 5.92 Å². The maximum Gasteiger partial charge on any atom is 0.408 e. The predicted molar refractivity (Wildman–Crippen MR) is 162 cm³/mol. The minimum absolute atomic E-state index is 0.00337. The van der Waals surface area contributed by atoms with Gasteiger partial charge in [0.05, 0.1) is 13.0 Å². The highest BCUT2D eigenvalue weighted by Gasteiger charge is 2.48. The molecule has 234 valence electrons. The van der Waals surface area contributed by atoms with Crippen LogP contribution >= 0.6 is 0 Å². The first-order valence-electron chi connectivity index (χ1n) is 14.8. The van der Waals surface area contributed by atoms with Gasteiger partial charge in [-0.1, -0.05) is 48.4 Å². The predicted octanol–water partition coefficient (Wildman–Crippen LogP) is 4.49. The van der Waals surface area contributed by atoms with Crippen molar-refractivity contribution in [1.29, 1.82) is 0 Å². The summed E-state index contributed by atoms with van der Waals surface area (Å²) in [7, 11) is 0. The smallest absolute Gasteiger partial charge is 0.408 e. The van der Waals surface area contributed by atoms with Gasteiger partial charge in [-0.15, -0.1) is 0 Å². The van der Waals surface area contributed by atoms with E-state index < -0.39 is 41.6 Å². The normalized spacial score (nSPS) is 17.3. The highest BCUT2D eigenvalue weighted by atomic mass is 16.6. The molecule has 0 spiro atoms. The summed E-state index contributed by atoms with van der Waals surface area (Å²) in [5.74, 6) is -1.07. The maximum atomic E-state index is 14.6. The number of aryl methyl sites for hydroxylation is 2.